The molecule has 0 aliphatic heterocycles. The molecule has 0 bridgehead atoms. The smallest absolute Gasteiger partial charge is 0.316 e. The Hall–Kier alpha value is -1.49. The van der Waals surface area contributed by atoms with Crippen molar-refractivity contribution in [1.29, 1.82) is 0 Å². The summed E-state index contributed by atoms with van der Waals surface area (Å²) in [6.45, 7) is 3.90. The molecule has 1 aromatic carbocycles. The van der Waals surface area contributed by atoms with Crippen LogP contribution in [-0.2, 0) is 4.79 Å². The molecule has 5 heteroatoms. The predicted octanol–water partition coefficient (Wildman–Crippen LogP) is 3.95. The topological polar surface area (TPSA) is 66.4 Å². The third-order valence-corrected chi connectivity index (χ3v) is 5.54. The molecule has 0 saturated heterocycles. The van der Waals surface area contributed by atoms with Crippen LogP contribution in [0.2, 0.25) is 0 Å². The second-order valence-corrected chi connectivity index (χ2v) is 7.76. The van der Waals surface area contributed by atoms with Gasteiger partial charge in [-0.25, -0.2) is 0 Å². The van der Waals surface area contributed by atoms with Crippen molar-refractivity contribution < 1.29 is 14.7 Å². The van der Waals surface area contributed by atoms with Crippen molar-refractivity contribution in [2.24, 2.45) is 5.92 Å². The van der Waals surface area contributed by atoms with E-state index in [4.69, 9.17) is 5.11 Å². The Kier molecular flexibility index (Phi) is 6.51. The zero-order chi connectivity index (χ0) is 16.8. The fourth-order valence-corrected chi connectivity index (χ4v) is 3.82. The number of nitrogens with one attached hydrogen (secondary N) is 1. The van der Waals surface area contributed by atoms with Gasteiger partial charge in [0.2, 0.25) is 0 Å². The molecule has 23 heavy (non-hydrogen) atoms. The Balaban J connectivity index is 2.05. The summed E-state index contributed by atoms with van der Waals surface area (Å²) in [6, 6.07) is 7.46. The van der Waals surface area contributed by atoms with Crippen LogP contribution in [0.1, 0.15) is 56.3 Å². The highest BCUT2D eigenvalue weighted by molar-refractivity contribution is 8.00. The van der Waals surface area contributed by atoms with E-state index >= 15 is 0 Å². The largest absolute Gasteiger partial charge is 0.480 e. The van der Waals surface area contributed by atoms with Gasteiger partial charge in [-0.3, -0.25) is 9.59 Å². The Labute approximate surface area is 142 Å². The average molecular weight is 335 g/mol. The van der Waals surface area contributed by atoms with Crippen LogP contribution in [-0.4, -0.2) is 28.3 Å². The number of rotatable bonds is 5. The lowest BCUT2D eigenvalue weighted by Gasteiger charge is -2.18. The Morgan fingerprint density at radius 2 is 1.96 bits per heavy atom. The first-order chi connectivity index (χ1) is 11.0. The van der Waals surface area contributed by atoms with E-state index in [1.165, 1.54) is 18.2 Å². The van der Waals surface area contributed by atoms with Crippen LogP contribution in [0.4, 0.5) is 0 Å². The second-order valence-electron chi connectivity index (χ2n) is 6.38. The summed E-state index contributed by atoms with van der Waals surface area (Å²) in [5.74, 6) is -0.232. The first kappa shape index (κ1) is 17.9. The number of carbonyl (C=O) groups is 2. The van der Waals surface area contributed by atoms with Gasteiger partial charge in [0, 0.05) is 10.9 Å². The summed E-state index contributed by atoms with van der Waals surface area (Å²) >= 11 is 1.21. The van der Waals surface area contributed by atoms with Crippen molar-refractivity contribution in [3.8, 4) is 0 Å². The molecule has 1 fully saturated rings. The van der Waals surface area contributed by atoms with Gasteiger partial charge in [0.25, 0.3) is 5.91 Å². The third kappa shape index (κ3) is 5.27. The quantitative estimate of drug-likeness (QED) is 0.631. The van der Waals surface area contributed by atoms with Gasteiger partial charge in [0.05, 0.1) is 5.56 Å². The lowest BCUT2D eigenvalue weighted by Crippen LogP contribution is -2.34. The number of amides is 1. The lowest BCUT2D eigenvalue weighted by molar-refractivity contribution is -0.136. The minimum atomic E-state index is -0.872. The molecule has 2 rings (SSSR count). The molecule has 3 atom stereocenters. The fourth-order valence-electron chi connectivity index (χ4n) is 2.89. The number of aliphatic carboxylic acids is 1. The molecule has 126 valence electrons. The van der Waals surface area contributed by atoms with E-state index in [1.807, 2.05) is 18.2 Å². The summed E-state index contributed by atoms with van der Waals surface area (Å²) in [7, 11) is 0. The van der Waals surface area contributed by atoms with E-state index in [9.17, 15) is 9.59 Å². The maximum absolute atomic E-state index is 12.6. The number of hydrogen-bond donors (Lipinski definition) is 2. The monoisotopic (exact) mass is 335 g/mol. The Morgan fingerprint density at radius 3 is 2.70 bits per heavy atom. The zero-order valence-corrected chi connectivity index (χ0v) is 14.6. The molecule has 3 unspecified atom stereocenters. The molecule has 2 N–H and O–H groups in total. The van der Waals surface area contributed by atoms with Crippen LogP contribution in [0.5, 0.6) is 0 Å². The molecule has 0 radical (unpaired) electrons. The highest BCUT2D eigenvalue weighted by atomic mass is 32.2. The van der Waals surface area contributed by atoms with Crippen molar-refractivity contribution in [2.75, 3.05) is 0 Å². The van der Waals surface area contributed by atoms with Crippen LogP contribution < -0.4 is 5.32 Å². The highest BCUT2D eigenvalue weighted by Gasteiger charge is 2.21. The van der Waals surface area contributed by atoms with E-state index in [0.29, 0.717) is 5.56 Å². The molecule has 0 heterocycles. The fraction of sp³-hybridized carbons (Fsp3) is 0.556. The van der Waals surface area contributed by atoms with Crippen molar-refractivity contribution >= 4 is 23.6 Å². The van der Waals surface area contributed by atoms with Crippen LogP contribution in [0.25, 0.3) is 0 Å². The Bertz CT molecular complexity index is 561. The average Bonchev–Trinajstić information content (AvgIpc) is 2.72. The number of carboxylic acid groups (broad SMARTS) is 1. The van der Waals surface area contributed by atoms with Gasteiger partial charge in [-0.2, -0.15) is 0 Å². The molecule has 1 aliphatic rings. The van der Waals surface area contributed by atoms with Crippen molar-refractivity contribution in [2.45, 2.75) is 62.1 Å². The number of carbonyl (C=O) groups excluding carboxylic acids is 1. The molecular formula is C18H25NO3S. The second kappa shape index (κ2) is 8.39. The molecule has 1 saturated carbocycles. The molecule has 1 amide bonds. The first-order valence-corrected chi connectivity index (χ1v) is 9.14. The lowest BCUT2D eigenvalue weighted by atomic mass is 10.0. The third-order valence-electron chi connectivity index (χ3n) is 4.38. The van der Waals surface area contributed by atoms with Gasteiger partial charge < -0.3 is 10.4 Å². The van der Waals surface area contributed by atoms with Crippen molar-refractivity contribution in [1.82, 2.24) is 5.32 Å². The van der Waals surface area contributed by atoms with Gasteiger partial charge >= 0.3 is 5.97 Å². The minimum absolute atomic E-state index is 0.0924. The van der Waals surface area contributed by atoms with E-state index in [0.717, 1.165) is 36.5 Å². The maximum atomic E-state index is 12.6. The number of hydrogen-bond acceptors (Lipinski definition) is 3. The normalized spacial score (nSPS) is 22.9. The summed E-state index contributed by atoms with van der Waals surface area (Å²) in [5, 5.41) is 11.6. The van der Waals surface area contributed by atoms with Crippen LogP contribution >= 0.6 is 11.8 Å². The SMILES string of the molecule is CC1CCCC(NC(=O)c2ccccc2SC(C)C(=O)O)CC1. The van der Waals surface area contributed by atoms with Gasteiger partial charge in [-0.1, -0.05) is 31.9 Å². The van der Waals surface area contributed by atoms with Crippen LogP contribution in [0, 0.1) is 5.92 Å². The summed E-state index contributed by atoms with van der Waals surface area (Å²) in [5.41, 5.74) is 0.572. The molecule has 4 nitrogen and oxygen atoms in total. The number of thioether (sulfide) groups is 1. The summed E-state index contributed by atoms with van der Waals surface area (Å²) in [4.78, 5) is 24.4. The predicted molar refractivity (Wildman–Crippen MR) is 92.9 cm³/mol. The summed E-state index contributed by atoms with van der Waals surface area (Å²) < 4.78 is 0. The van der Waals surface area contributed by atoms with E-state index in [2.05, 4.69) is 12.2 Å². The van der Waals surface area contributed by atoms with Crippen LogP contribution in [0.15, 0.2) is 29.2 Å². The Morgan fingerprint density at radius 1 is 1.22 bits per heavy atom. The van der Waals surface area contributed by atoms with Gasteiger partial charge in [-0.05, 0) is 44.2 Å². The van der Waals surface area contributed by atoms with Crippen molar-refractivity contribution in [3.05, 3.63) is 29.8 Å². The van der Waals surface area contributed by atoms with Gasteiger partial charge in [-0.15, -0.1) is 11.8 Å². The molecule has 0 aromatic heterocycles. The number of benzene rings is 1. The van der Waals surface area contributed by atoms with Crippen molar-refractivity contribution in [3.63, 3.8) is 0 Å². The first-order valence-electron chi connectivity index (χ1n) is 8.26. The highest BCUT2D eigenvalue weighted by Crippen LogP contribution is 2.28. The molecular weight excluding hydrogens is 310 g/mol. The minimum Gasteiger partial charge on any atom is -0.480 e. The molecule has 0 spiro atoms. The standard InChI is InChI=1S/C18H25NO3S/c1-12-6-5-7-14(11-10-12)19-17(20)15-8-3-4-9-16(15)23-13(2)18(21)22/h3-4,8-9,12-14H,5-7,10-11H2,1-2H3,(H,19,20)(H,21,22). The van der Waals surface area contributed by atoms with Crippen LogP contribution in [0.3, 0.4) is 0 Å². The molecule has 1 aromatic rings. The van der Waals surface area contributed by atoms with Gasteiger partial charge in [0.1, 0.15) is 5.25 Å². The van der Waals surface area contributed by atoms with Gasteiger partial charge in [0.15, 0.2) is 0 Å². The maximum Gasteiger partial charge on any atom is 0.316 e. The van der Waals surface area contributed by atoms with E-state index < -0.39 is 11.2 Å². The van der Waals surface area contributed by atoms with E-state index in [-0.39, 0.29) is 11.9 Å². The summed E-state index contributed by atoms with van der Waals surface area (Å²) in [6.07, 6.45) is 5.58. The van der Waals surface area contributed by atoms with E-state index in [1.54, 1.807) is 13.0 Å². The zero-order valence-electron chi connectivity index (χ0n) is 13.7. The number of carboxylic acids is 1. The molecule has 1 aliphatic carbocycles.